The molecule has 0 aliphatic heterocycles. The second-order valence-electron chi connectivity index (χ2n) is 4.87. The molecule has 0 bridgehead atoms. The van der Waals surface area contributed by atoms with Gasteiger partial charge in [0.1, 0.15) is 10.5 Å². The van der Waals surface area contributed by atoms with Crippen molar-refractivity contribution >= 4 is 12.2 Å². The number of hydrogen-bond acceptors (Lipinski definition) is 2. The van der Waals surface area contributed by atoms with Crippen LogP contribution >= 0.6 is 12.2 Å². The highest BCUT2D eigenvalue weighted by atomic mass is 32.1. The molecule has 1 heterocycles. The molecule has 1 aliphatic carbocycles. The predicted octanol–water partition coefficient (Wildman–Crippen LogP) is 4.19. The summed E-state index contributed by atoms with van der Waals surface area (Å²) in [5.41, 5.74) is 2.30. The van der Waals surface area contributed by atoms with Gasteiger partial charge >= 0.3 is 0 Å². The lowest BCUT2D eigenvalue weighted by Gasteiger charge is -2.14. The number of hydrogen-bond donors (Lipinski definition) is 1. The maximum Gasteiger partial charge on any atom is 0.132 e. The zero-order chi connectivity index (χ0) is 11.5. The van der Waals surface area contributed by atoms with Gasteiger partial charge in [0.25, 0.3) is 0 Å². The van der Waals surface area contributed by atoms with Crippen LogP contribution in [0.25, 0.3) is 0 Å². The third-order valence-corrected chi connectivity index (χ3v) is 4.06. The molecule has 0 unspecified atom stereocenters. The Labute approximate surface area is 103 Å². The summed E-state index contributed by atoms with van der Waals surface area (Å²) in [6, 6.07) is 0. The molecule has 1 N–H and O–H groups in total. The van der Waals surface area contributed by atoms with Crippen molar-refractivity contribution < 1.29 is 0 Å². The third kappa shape index (κ3) is 2.51. The van der Waals surface area contributed by atoms with E-state index in [2.05, 4.69) is 16.9 Å². The van der Waals surface area contributed by atoms with Crippen molar-refractivity contribution in [1.29, 1.82) is 0 Å². The second kappa shape index (κ2) is 5.09. The Kier molecular flexibility index (Phi) is 3.74. The molecule has 88 valence electrons. The molecule has 1 aromatic heterocycles. The largest absolute Gasteiger partial charge is 0.347 e. The van der Waals surface area contributed by atoms with Gasteiger partial charge in [-0.3, -0.25) is 0 Å². The molecule has 0 spiro atoms. The summed E-state index contributed by atoms with van der Waals surface area (Å²) >= 11 is 5.30. The van der Waals surface area contributed by atoms with E-state index < -0.39 is 0 Å². The van der Waals surface area contributed by atoms with E-state index in [1.165, 1.54) is 44.2 Å². The van der Waals surface area contributed by atoms with Gasteiger partial charge in [0, 0.05) is 17.2 Å². The molecule has 0 atom stereocenters. The Bertz CT molecular complexity index is 414. The van der Waals surface area contributed by atoms with Crippen LogP contribution in [0.4, 0.5) is 0 Å². The quantitative estimate of drug-likeness (QED) is 0.585. The molecule has 0 radical (unpaired) electrons. The SMILES string of the molecule is Cc1[nH]c(C2CCCCCC2)nc(=S)c1C. The maximum atomic E-state index is 5.30. The topological polar surface area (TPSA) is 28.7 Å². The van der Waals surface area contributed by atoms with E-state index in [1.54, 1.807) is 0 Å². The number of aryl methyl sites for hydroxylation is 1. The van der Waals surface area contributed by atoms with E-state index in [4.69, 9.17) is 12.2 Å². The number of nitrogens with one attached hydrogen (secondary N) is 1. The molecule has 0 saturated heterocycles. The van der Waals surface area contributed by atoms with Crippen LogP contribution in [0.15, 0.2) is 0 Å². The second-order valence-corrected chi connectivity index (χ2v) is 5.25. The van der Waals surface area contributed by atoms with Gasteiger partial charge < -0.3 is 4.98 Å². The smallest absolute Gasteiger partial charge is 0.132 e. The van der Waals surface area contributed by atoms with Crippen molar-refractivity contribution in [3.63, 3.8) is 0 Å². The highest BCUT2D eigenvalue weighted by molar-refractivity contribution is 7.71. The van der Waals surface area contributed by atoms with Crippen LogP contribution in [-0.2, 0) is 0 Å². The summed E-state index contributed by atoms with van der Waals surface area (Å²) in [6.07, 6.45) is 7.95. The number of aromatic nitrogens is 2. The van der Waals surface area contributed by atoms with Crippen molar-refractivity contribution in [1.82, 2.24) is 9.97 Å². The summed E-state index contributed by atoms with van der Waals surface area (Å²) in [5.74, 6) is 1.72. The minimum atomic E-state index is 0.600. The Balaban J connectivity index is 2.28. The lowest BCUT2D eigenvalue weighted by atomic mass is 9.99. The zero-order valence-electron chi connectivity index (χ0n) is 10.2. The van der Waals surface area contributed by atoms with Crippen molar-refractivity contribution in [2.75, 3.05) is 0 Å². The minimum Gasteiger partial charge on any atom is -0.347 e. The first-order valence-electron chi connectivity index (χ1n) is 6.26. The molecule has 3 heteroatoms. The molecule has 0 aromatic carbocycles. The zero-order valence-corrected chi connectivity index (χ0v) is 11.0. The first kappa shape index (κ1) is 11.8. The molecule has 1 aromatic rings. The van der Waals surface area contributed by atoms with Crippen LogP contribution in [0.5, 0.6) is 0 Å². The van der Waals surface area contributed by atoms with Gasteiger partial charge in [-0.15, -0.1) is 0 Å². The van der Waals surface area contributed by atoms with Gasteiger partial charge in [-0.2, -0.15) is 0 Å². The number of rotatable bonds is 1. The lowest BCUT2D eigenvalue weighted by molar-refractivity contribution is 0.557. The highest BCUT2D eigenvalue weighted by Crippen LogP contribution is 2.29. The monoisotopic (exact) mass is 236 g/mol. The minimum absolute atomic E-state index is 0.600. The predicted molar refractivity (Wildman–Crippen MR) is 69.3 cm³/mol. The average Bonchev–Trinajstić information content (AvgIpc) is 2.53. The van der Waals surface area contributed by atoms with Gasteiger partial charge in [-0.25, -0.2) is 4.98 Å². The van der Waals surface area contributed by atoms with Crippen LogP contribution in [0.1, 0.15) is 61.5 Å². The molecular formula is C13H20N2S. The first-order valence-corrected chi connectivity index (χ1v) is 6.66. The van der Waals surface area contributed by atoms with E-state index in [-0.39, 0.29) is 0 Å². The van der Waals surface area contributed by atoms with Crippen LogP contribution in [0.3, 0.4) is 0 Å². The summed E-state index contributed by atoms with van der Waals surface area (Å²) < 4.78 is 0.774. The van der Waals surface area contributed by atoms with Crippen LogP contribution in [0, 0.1) is 18.5 Å². The van der Waals surface area contributed by atoms with Crippen LogP contribution in [-0.4, -0.2) is 9.97 Å². The van der Waals surface area contributed by atoms with Gasteiger partial charge in [0.05, 0.1) is 0 Å². The van der Waals surface area contributed by atoms with E-state index in [0.29, 0.717) is 5.92 Å². The van der Waals surface area contributed by atoms with E-state index in [9.17, 15) is 0 Å². The molecule has 1 aliphatic rings. The number of aromatic amines is 1. The summed E-state index contributed by atoms with van der Waals surface area (Å²) in [7, 11) is 0. The average molecular weight is 236 g/mol. The van der Waals surface area contributed by atoms with E-state index in [1.807, 2.05) is 6.92 Å². The van der Waals surface area contributed by atoms with Crippen molar-refractivity contribution in [2.24, 2.45) is 0 Å². The van der Waals surface area contributed by atoms with Crippen molar-refractivity contribution in [3.05, 3.63) is 21.7 Å². The number of nitrogens with zero attached hydrogens (tertiary/aromatic N) is 1. The van der Waals surface area contributed by atoms with E-state index in [0.717, 1.165) is 16.0 Å². The van der Waals surface area contributed by atoms with Crippen molar-refractivity contribution in [2.45, 2.75) is 58.3 Å². The Hall–Kier alpha value is -0.700. The summed E-state index contributed by atoms with van der Waals surface area (Å²) in [6.45, 7) is 4.13. The van der Waals surface area contributed by atoms with Gasteiger partial charge in [0.2, 0.25) is 0 Å². The normalized spacial score (nSPS) is 18.4. The Morgan fingerprint density at radius 1 is 1.12 bits per heavy atom. The molecule has 16 heavy (non-hydrogen) atoms. The highest BCUT2D eigenvalue weighted by Gasteiger charge is 2.16. The molecule has 2 rings (SSSR count). The maximum absolute atomic E-state index is 5.30. The molecule has 0 amide bonds. The first-order chi connectivity index (χ1) is 7.68. The fourth-order valence-electron chi connectivity index (χ4n) is 2.41. The fourth-order valence-corrected chi connectivity index (χ4v) is 2.67. The van der Waals surface area contributed by atoms with Crippen LogP contribution < -0.4 is 0 Å². The lowest BCUT2D eigenvalue weighted by Crippen LogP contribution is -2.06. The standard InChI is InChI=1S/C13H20N2S/c1-9-10(2)14-12(15-13(9)16)11-7-5-3-4-6-8-11/h11H,3-8H2,1-2H3,(H,14,15,16). The number of H-pyrrole nitrogens is 1. The molecular weight excluding hydrogens is 216 g/mol. The van der Waals surface area contributed by atoms with Crippen molar-refractivity contribution in [3.8, 4) is 0 Å². The Morgan fingerprint density at radius 3 is 2.31 bits per heavy atom. The van der Waals surface area contributed by atoms with Gasteiger partial charge in [-0.05, 0) is 26.7 Å². The summed E-state index contributed by atoms with van der Waals surface area (Å²) in [5, 5.41) is 0. The Morgan fingerprint density at radius 2 is 1.75 bits per heavy atom. The van der Waals surface area contributed by atoms with E-state index >= 15 is 0 Å². The fraction of sp³-hybridized carbons (Fsp3) is 0.692. The molecule has 1 fully saturated rings. The third-order valence-electron chi connectivity index (χ3n) is 3.66. The summed E-state index contributed by atoms with van der Waals surface area (Å²) in [4.78, 5) is 7.99. The van der Waals surface area contributed by atoms with Gasteiger partial charge in [-0.1, -0.05) is 37.9 Å². The van der Waals surface area contributed by atoms with Gasteiger partial charge in [0.15, 0.2) is 0 Å². The van der Waals surface area contributed by atoms with Crippen LogP contribution in [0.2, 0.25) is 0 Å². The molecule has 2 nitrogen and oxygen atoms in total. The molecule has 1 saturated carbocycles.